The summed E-state index contributed by atoms with van der Waals surface area (Å²) in [6, 6.07) is 13.6. The van der Waals surface area contributed by atoms with Gasteiger partial charge in [0, 0.05) is 12.1 Å². The number of hydrogen-bond acceptors (Lipinski definition) is 4. The summed E-state index contributed by atoms with van der Waals surface area (Å²) in [4.78, 5) is 23.4. The minimum atomic E-state index is -1.09. The van der Waals surface area contributed by atoms with Gasteiger partial charge < -0.3 is 15.2 Å². The summed E-state index contributed by atoms with van der Waals surface area (Å²) >= 11 is 0. The number of ether oxygens (including phenoxy) is 1. The van der Waals surface area contributed by atoms with Crippen molar-refractivity contribution in [2.45, 2.75) is 13.0 Å². The molecule has 2 N–H and O–H groups in total. The Labute approximate surface area is 139 Å². The van der Waals surface area contributed by atoms with Crippen LogP contribution in [0.3, 0.4) is 0 Å². The Hall–Kier alpha value is -3.33. The second-order valence-corrected chi connectivity index (χ2v) is 5.06. The molecule has 6 heteroatoms. The Balaban J connectivity index is 2.09. The quantitative estimate of drug-likeness (QED) is 0.850. The number of carboxylic acids is 1. The maximum atomic E-state index is 12.2. The van der Waals surface area contributed by atoms with Crippen molar-refractivity contribution in [2.24, 2.45) is 0 Å². The molecule has 0 unspecified atom stereocenters. The van der Waals surface area contributed by atoms with Crippen LogP contribution in [0.2, 0.25) is 0 Å². The van der Waals surface area contributed by atoms with Gasteiger partial charge in [-0.05, 0) is 35.4 Å². The molecule has 0 aliphatic rings. The van der Waals surface area contributed by atoms with E-state index in [1.165, 1.54) is 13.2 Å². The highest BCUT2D eigenvalue weighted by Gasteiger charge is 2.12. The number of nitriles is 1. The SMILES string of the molecule is COc1ccc(CNC(=O)c2cccc(CC#N)c2)cc1C(=O)O. The lowest BCUT2D eigenvalue weighted by Crippen LogP contribution is -2.23. The van der Waals surface area contributed by atoms with Crippen LogP contribution in [0.4, 0.5) is 0 Å². The van der Waals surface area contributed by atoms with Crippen LogP contribution in [0.1, 0.15) is 31.8 Å². The number of benzene rings is 2. The minimum Gasteiger partial charge on any atom is -0.496 e. The van der Waals surface area contributed by atoms with Crippen molar-refractivity contribution in [3.8, 4) is 11.8 Å². The molecule has 0 aliphatic heterocycles. The highest BCUT2D eigenvalue weighted by Crippen LogP contribution is 2.20. The maximum Gasteiger partial charge on any atom is 0.339 e. The number of amides is 1. The fourth-order valence-electron chi connectivity index (χ4n) is 2.23. The van der Waals surface area contributed by atoms with E-state index in [9.17, 15) is 9.59 Å². The monoisotopic (exact) mass is 324 g/mol. The van der Waals surface area contributed by atoms with Gasteiger partial charge in [-0.25, -0.2) is 4.79 Å². The van der Waals surface area contributed by atoms with Gasteiger partial charge in [0.1, 0.15) is 11.3 Å². The molecule has 6 nitrogen and oxygen atoms in total. The van der Waals surface area contributed by atoms with Crippen LogP contribution in [-0.4, -0.2) is 24.1 Å². The van der Waals surface area contributed by atoms with Gasteiger partial charge >= 0.3 is 5.97 Å². The van der Waals surface area contributed by atoms with Crippen LogP contribution in [-0.2, 0) is 13.0 Å². The van der Waals surface area contributed by atoms with Gasteiger partial charge in [-0.1, -0.05) is 18.2 Å². The Bertz CT molecular complexity index is 809. The fourth-order valence-corrected chi connectivity index (χ4v) is 2.23. The van der Waals surface area contributed by atoms with Gasteiger partial charge in [0.25, 0.3) is 5.91 Å². The lowest BCUT2D eigenvalue weighted by Gasteiger charge is -2.09. The van der Waals surface area contributed by atoms with Crippen LogP contribution in [0.25, 0.3) is 0 Å². The molecule has 0 bridgehead atoms. The third-order valence-electron chi connectivity index (χ3n) is 3.42. The lowest BCUT2D eigenvalue weighted by atomic mass is 10.1. The van der Waals surface area contributed by atoms with Crippen molar-refractivity contribution in [2.75, 3.05) is 7.11 Å². The molecular weight excluding hydrogens is 308 g/mol. The van der Waals surface area contributed by atoms with Crippen LogP contribution < -0.4 is 10.1 Å². The van der Waals surface area contributed by atoms with E-state index < -0.39 is 5.97 Å². The average molecular weight is 324 g/mol. The number of nitrogens with zero attached hydrogens (tertiary/aromatic N) is 1. The van der Waals surface area contributed by atoms with E-state index in [2.05, 4.69) is 5.32 Å². The van der Waals surface area contributed by atoms with Crippen molar-refractivity contribution in [3.05, 3.63) is 64.7 Å². The molecule has 2 rings (SSSR count). The van der Waals surface area contributed by atoms with E-state index in [1.54, 1.807) is 36.4 Å². The first-order chi connectivity index (χ1) is 11.5. The molecule has 0 saturated carbocycles. The first-order valence-electron chi connectivity index (χ1n) is 7.19. The number of nitrogens with one attached hydrogen (secondary N) is 1. The molecule has 0 spiro atoms. The number of rotatable bonds is 6. The number of carbonyl (C=O) groups is 2. The first-order valence-corrected chi connectivity index (χ1v) is 7.19. The van der Waals surface area contributed by atoms with Gasteiger partial charge in [-0.2, -0.15) is 5.26 Å². The van der Waals surface area contributed by atoms with Gasteiger partial charge in [-0.3, -0.25) is 4.79 Å². The molecular formula is C18H16N2O4. The van der Waals surface area contributed by atoms with Crippen LogP contribution in [0.15, 0.2) is 42.5 Å². The summed E-state index contributed by atoms with van der Waals surface area (Å²) in [6.45, 7) is 0.186. The number of methoxy groups -OCH3 is 1. The highest BCUT2D eigenvalue weighted by molar-refractivity contribution is 5.94. The molecule has 0 aliphatic carbocycles. The van der Waals surface area contributed by atoms with Crippen LogP contribution >= 0.6 is 0 Å². The molecule has 0 aromatic heterocycles. The average Bonchev–Trinajstić information content (AvgIpc) is 2.60. The Morgan fingerprint density at radius 3 is 2.67 bits per heavy atom. The van der Waals surface area contributed by atoms with E-state index in [0.29, 0.717) is 11.1 Å². The van der Waals surface area contributed by atoms with E-state index in [-0.39, 0.29) is 30.2 Å². The topological polar surface area (TPSA) is 99.4 Å². The summed E-state index contributed by atoms with van der Waals surface area (Å²) in [6.07, 6.45) is 0.238. The number of carboxylic acid groups (broad SMARTS) is 1. The molecule has 0 saturated heterocycles. The molecule has 0 radical (unpaired) electrons. The summed E-state index contributed by atoms with van der Waals surface area (Å²) in [5.74, 6) is -1.12. The molecule has 2 aromatic rings. The standard InChI is InChI=1S/C18H16N2O4/c1-24-16-6-5-13(10-15(16)18(22)23)11-20-17(21)14-4-2-3-12(9-14)7-8-19/h2-6,9-10H,7,11H2,1H3,(H,20,21)(H,22,23). The van der Waals surface area contributed by atoms with Gasteiger partial charge in [-0.15, -0.1) is 0 Å². The molecule has 0 fully saturated rings. The Morgan fingerprint density at radius 1 is 1.21 bits per heavy atom. The molecule has 1 amide bonds. The number of carbonyl (C=O) groups excluding carboxylic acids is 1. The van der Waals surface area contributed by atoms with Crippen molar-refractivity contribution < 1.29 is 19.4 Å². The third kappa shape index (κ3) is 4.11. The molecule has 0 atom stereocenters. The molecule has 0 heterocycles. The largest absolute Gasteiger partial charge is 0.496 e. The van der Waals surface area contributed by atoms with Crippen molar-refractivity contribution in [1.82, 2.24) is 5.32 Å². The zero-order chi connectivity index (χ0) is 17.5. The fraction of sp³-hybridized carbons (Fsp3) is 0.167. The van der Waals surface area contributed by atoms with Gasteiger partial charge in [0.05, 0.1) is 19.6 Å². The van der Waals surface area contributed by atoms with Crippen molar-refractivity contribution in [1.29, 1.82) is 5.26 Å². The predicted molar refractivity (Wildman–Crippen MR) is 86.9 cm³/mol. The van der Waals surface area contributed by atoms with Gasteiger partial charge in [0.2, 0.25) is 0 Å². The maximum absolute atomic E-state index is 12.2. The number of aromatic carboxylic acids is 1. The number of hydrogen-bond donors (Lipinski definition) is 2. The normalized spacial score (nSPS) is 9.83. The van der Waals surface area contributed by atoms with Crippen molar-refractivity contribution >= 4 is 11.9 Å². The summed E-state index contributed by atoms with van der Waals surface area (Å²) in [5.41, 5.74) is 1.91. The highest BCUT2D eigenvalue weighted by atomic mass is 16.5. The summed E-state index contributed by atoms with van der Waals surface area (Å²) < 4.78 is 5.00. The van der Waals surface area contributed by atoms with E-state index in [4.69, 9.17) is 15.1 Å². The first kappa shape index (κ1) is 17.0. The summed E-state index contributed by atoms with van der Waals surface area (Å²) in [7, 11) is 1.40. The molecule has 122 valence electrons. The zero-order valence-corrected chi connectivity index (χ0v) is 13.1. The van der Waals surface area contributed by atoms with E-state index in [1.807, 2.05) is 6.07 Å². The molecule has 2 aromatic carbocycles. The smallest absolute Gasteiger partial charge is 0.339 e. The van der Waals surface area contributed by atoms with Crippen LogP contribution in [0, 0.1) is 11.3 Å². The summed E-state index contributed by atoms with van der Waals surface area (Å²) in [5, 5.41) is 20.6. The van der Waals surface area contributed by atoms with Gasteiger partial charge in [0.15, 0.2) is 0 Å². The second kappa shape index (κ2) is 7.79. The van der Waals surface area contributed by atoms with E-state index in [0.717, 1.165) is 5.56 Å². The van der Waals surface area contributed by atoms with Crippen molar-refractivity contribution in [3.63, 3.8) is 0 Å². The minimum absolute atomic E-state index is 0.0419. The Kier molecular flexibility index (Phi) is 5.53. The third-order valence-corrected chi connectivity index (χ3v) is 3.42. The second-order valence-electron chi connectivity index (χ2n) is 5.06. The van der Waals surface area contributed by atoms with E-state index >= 15 is 0 Å². The van der Waals surface area contributed by atoms with Crippen LogP contribution in [0.5, 0.6) is 5.75 Å². The predicted octanol–water partition coefficient (Wildman–Crippen LogP) is 2.39. The Morgan fingerprint density at radius 2 is 2.00 bits per heavy atom. The lowest BCUT2D eigenvalue weighted by molar-refractivity contribution is 0.0693. The zero-order valence-electron chi connectivity index (χ0n) is 13.1. The molecule has 24 heavy (non-hydrogen) atoms.